The Hall–Kier alpha value is -2.30. The van der Waals surface area contributed by atoms with Gasteiger partial charge in [0.05, 0.1) is 12.6 Å². The van der Waals surface area contributed by atoms with Crippen LogP contribution in [0.3, 0.4) is 0 Å². The van der Waals surface area contributed by atoms with Gasteiger partial charge >= 0.3 is 6.09 Å². The molecule has 0 radical (unpaired) electrons. The van der Waals surface area contributed by atoms with Gasteiger partial charge in [0.2, 0.25) is 0 Å². The molecule has 8 nitrogen and oxygen atoms in total. The summed E-state index contributed by atoms with van der Waals surface area (Å²) in [5.41, 5.74) is 1.93. The van der Waals surface area contributed by atoms with Gasteiger partial charge in [-0.25, -0.2) is 4.79 Å². The number of guanidine groups is 1. The van der Waals surface area contributed by atoms with Crippen molar-refractivity contribution >= 4 is 36.0 Å². The van der Waals surface area contributed by atoms with Gasteiger partial charge in [0.1, 0.15) is 5.60 Å². The first kappa shape index (κ1) is 25.0. The first-order valence-corrected chi connectivity index (χ1v) is 10.3. The van der Waals surface area contributed by atoms with Crippen molar-refractivity contribution in [1.29, 1.82) is 0 Å². The predicted molar refractivity (Wildman–Crippen MR) is 133 cm³/mol. The van der Waals surface area contributed by atoms with E-state index in [1.807, 2.05) is 49.8 Å². The number of ether oxygens (including phenoxy) is 1. The fourth-order valence-electron chi connectivity index (χ4n) is 3.50. The second-order valence-corrected chi connectivity index (χ2v) is 8.45. The highest BCUT2D eigenvalue weighted by Crippen LogP contribution is 2.14. The van der Waals surface area contributed by atoms with E-state index < -0.39 is 5.60 Å². The van der Waals surface area contributed by atoms with Gasteiger partial charge in [0, 0.05) is 39.1 Å². The first-order chi connectivity index (χ1) is 14.3. The van der Waals surface area contributed by atoms with Crippen molar-refractivity contribution in [2.75, 3.05) is 20.1 Å². The summed E-state index contributed by atoms with van der Waals surface area (Å²) in [6, 6.07) is 10.3. The number of amides is 1. The van der Waals surface area contributed by atoms with E-state index in [1.54, 1.807) is 13.2 Å². The van der Waals surface area contributed by atoms with Crippen molar-refractivity contribution in [2.45, 2.75) is 51.9 Å². The molecule has 0 saturated carbocycles. The average molecular weight is 540 g/mol. The number of aromatic nitrogens is 2. The molecule has 0 aliphatic carbocycles. The molecule has 3 rings (SSSR count). The van der Waals surface area contributed by atoms with Crippen LogP contribution in [-0.2, 0) is 17.8 Å². The third-order valence-electron chi connectivity index (χ3n) is 4.87. The predicted octanol–water partition coefficient (Wildman–Crippen LogP) is 3.22. The number of benzene rings is 1. The van der Waals surface area contributed by atoms with Crippen molar-refractivity contribution in [3.05, 3.63) is 53.9 Å². The summed E-state index contributed by atoms with van der Waals surface area (Å²) in [4.78, 5) is 18.6. The van der Waals surface area contributed by atoms with Crippen LogP contribution in [0.15, 0.2) is 47.7 Å². The van der Waals surface area contributed by atoms with E-state index in [4.69, 9.17) is 4.74 Å². The van der Waals surface area contributed by atoms with Crippen LogP contribution in [0.4, 0.5) is 4.79 Å². The van der Waals surface area contributed by atoms with Crippen LogP contribution >= 0.6 is 24.0 Å². The highest BCUT2D eigenvalue weighted by molar-refractivity contribution is 14.0. The molecule has 1 aliphatic rings. The number of alkyl carbamates (subject to hydrolysis) is 1. The van der Waals surface area contributed by atoms with E-state index in [0.717, 1.165) is 25.5 Å². The van der Waals surface area contributed by atoms with Gasteiger partial charge in [-0.1, -0.05) is 24.3 Å². The minimum Gasteiger partial charge on any atom is -0.444 e. The van der Waals surface area contributed by atoms with Gasteiger partial charge in [-0.2, -0.15) is 5.10 Å². The molecule has 2 aromatic rings. The van der Waals surface area contributed by atoms with Gasteiger partial charge in [0.15, 0.2) is 5.96 Å². The Morgan fingerprint density at radius 3 is 2.65 bits per heavy atom. The van der Waals surface area contributed by atoms with Crippen LogP contribution in [0.2, 0.25) is 0 Å². The Labute approximate surface area is 201 Å². The highest BCUT2D eigenvalue weighted by Gasteiger charge is 2.27. The summed E-state index contributed by atoms with van der Waals surface area (Å²) < 4.78 is 7.28. The lowest BCUT2D eigenvalue weighted by molar-refractivity contribution is 0.0507. The van der Waals surface area contributed by atoms with Crippen LogP contribution in [0.5, 0.6) is 0 Å². The molecule has 0 bridgehead atoms. The fourth-order valence-corrected chi connectivity index (χ4v) is 3.50. The van der Waals surface area contributed by atoms with E-state index in [1.165, 1.54) is 11.1 Å². The van der Waals surface area contributed by atoms with Crippen LogP contribution in [-0.4, -0.2) is 58.5 Å². The standard InChI is InChI=1S/C22H32N6O2.HI/c1-22(2,3)30-21(29)26-19-10-13-27(16-19)20(23-4)24-14-17-8-5-6-9-18(17)15-28-12-7-11-25-28;/h5-9,11-12,19H,10,13-16H2,1-4H3,(H,23,24)(H,26,29);1H. The molecule has 1 unspecified atom stereocenters. The SMILES string of the molecule is CN=C(NCc1ccccc1Cn1cccn1)N1CCC(NC(=O)OC(C)(C)C)C1.I. The molecule has 1 aliphatic heterocycles. The van der Waals surface area contributed by atoms with Crippen LogP contribution < -0.4 is 10.6 Å². The number of carbonyl (C=O) groups is 1. The minimum absolute atomic E-state index is 0. The summed E-state index contributed by atoms with van der Waals surface area (Å²) in [5.74, 6) is 0.831. The lowest BCUT2D eigenvalue weighted by Crippen LogP contribution is -2.44. The lowest BCUT2D eigenvalue weighted by atomic mass is 10.1. The van der Waals surface area contributed by atoms with Gasteiger partial charge in [-0.15, -0.1) is 24.0 Å². The molecule has 1 amide bonds. The zero-order valence-corrected chi connectivity index (χ0v) is 21.0. The summed E-state index contributed by atoms with van der Waals surface area (Å²) in [6.07, 6.45) is 4.24. The Balaban J connectivity index is 0.00000341. The largest absolute Gasteiger partial charge is 0.444 e. The second-order valence-electron chi connectivity index (χ2n) is 8.45. The fraction of sp³-hybridized carbons (Fsp3) is 0.500. The maximum Gasteiger partial charge on any atom is 0.407 e. The number of hydrogen-bond donors (Lipinski definition) is 2. The first-order valence-electron chi connectivity index (χ1n) is 10.3. The molecular weight excluding hydrogens is 507 g/mol. The molecule has 31 heavy (non-hydrogen) atoms. The quantitative estimate of drug-likeness (QED) is 0.346. The van der Waals surface area contributed by atoms with Crippen molar-refractivity contribution in [3.63, 3.8) is 0 Å². The highest BCUT2D eigenvalue weighted by atomic mass is 127. The van der Waals surface area contributed by atoms with Crippen molar-refractivity contribution in [3.8, 4) is 0 Å². The summed E-state index contributed by atoms with van der Waals surface area (Å²) in [6.45, 7) is 8.53. The number of nitrogens with zero attached hydrogens (tertiary/aromatic N) is 4. The number of hydrogen-bond acceptors (Lipinski definition) is 4. The zero-order valence-electron chi connectivity index (χ0n) is 18.7. The third kappa shape index (κ3) is 7.71. The molecule has 1 aromatic carbocycles. The molecule has 170 valence electrons. The number of aliphatic imine (C=N–C) groups is 1. The Bertz CT molecular complexity index is 863. The number of carbonyl (C=O) groups excluding carboxylic acids is 1. The van der Waals surface area contributed by atoms with Crippen molar-refractivity contribution in [2.24, 2.45) is 4.99 Å². The monoisotopic (exact) mass is 540 g/mol. The van der Waals surface area contributed by atoms with Crippen LogP contribution in [0.25, 0.3) is 0 Å². The van der Waals surface area contributed by atoms with Gasteiger partial charge in [0.25, 0.3) is 0 Å². The van der Waals surface area contributed by atoms with Crippen LogP contribution in [0.1, 0.15) is 38.3 Å². The molecule has 1 atom stereocenters. The maximum absolute atomic E-state index is 12.0. The molecule has 2 heterocycles. The maximum atomic E-state index is 12.0. The van der Waals surface area contributed by atoms with E-state index in [0.29, 0.717) is 13.1 Å². The van der Waals surface area contributed by atoms with Crippen molar-refractivity contribution < 1.29 is 9.53 Å². The summed E-state index contributed by atoms with van der Waals surface area (Å²) >= 11 is 0. The Kier molecular flexibility index (Phi) is 9.15. The lowest BCUT2D eigenvalue weighted by Gasteiger charge is -2.23. The number of likely N-dealkylation sites (tertiary alicyclic amines) is 1. The number of rotatable bonds is 5. The normalized spacial score (nSPS) is 16.6. The van der Waals surface area contributed by atoms with E-state index in [9.17, 15) is 4.79 Å². The van der Waals surface area contributed by atoms with Gasteiger partial charge in [-0.3, -0.25) is 9.67 Å². The Morgan fingerprint density at radius 1 is 1.26 bits per heavy atom. The molecule has 9 heteroatoms. The van der Waals surface area contributed by atoms with Gasteiger partial charge in [-0.05, 0) is 44.4 Å². The van der Waals surface area contributed by atoms with E-state index in [-0.39, 0.29) is 36.1 Å². The van der Waals surface area contributed by atoms with E-state index in [2.05, 4.69) is 37.8 Å². The Morgan fingerprint density at radius 2 is 2.00 bits per heavy atom. The minimum atomic E-state index is -0.496. The topological polar surface area (TPSA) is 83.8 Å². The smallest absolute Gasteiger partial charge is 0.407 e. The van der Waals surface area contributed by atoms with Crippen molar-refractivity contribution in [1.82, 2.24) is 25.3 Å². The number of nitrogens with one attached hydrogen (secondary N) is 2. The van der Waals surface area contributed by atoms with Gasteiger partial charge < -0.3 is 20.3 Å². The van der Waals surface area contributed by atoms with Crippen LogP contribution in [0, 0.1) is 0 Å². The third-order valence-corrected chi connectivity index (χ3v) is 4.87. The molecule has 1 aromatic heterocycles. The molecular formula is C22H33IN6O2. The molecule has 1 fully saturated rings. The molecule has 1 saturated heterocycles. The average Bonchev–Trinajstić information content (AvgIpc) is 3.34. The molecule has 2 N–H and O–H groups in total. The zero-order chi connectivity index (χ0) is 21.6. The number of halogens is 1. The second kappa shape index (κ2) is 11.4. The summed E-state index contributed by atoms with van der Waals surface area (Å²) in [7, 11) is 1.78. The van der Waals surface area contributed by atoms with E-state index >= 15 is 0 Å². The summed E-state index contributed by atoms with van der Waals surface area (Å²) in [5, 5.41) is 10.7. The molecule has 0 spiro atoms.